The van der Waals surface area contributed by atoms with E-state index in [1.807, 2.05) is 18.2 Å². The van der Waals surface area contributed by atoms with Crippen molar-refractivity contribution in [2.24, 2.45) is 17.1 Å². The van der Waals surface area contributed by atoms with Gasteiger partial charge in [0.15, 0.2) is 0 Å². The number of carboxylic acids is 1. The average molecular weight is 328 g/mol. The van der Waals surface area contributed by atoms with Gasteiger partial charge >= 0.3 is 5.97 Å². The van der Waals surface area contributed by atoms with Crippen molar-refractivity contribution in [3.05, 3.63) is 35.9 Å². The Labute approximate surface area is 141 Å². The number of carbonyl (C=O) groups excluding carboxylic acids is 1. The van der Waals surface area contributed by atoms with Crippen LogP contribution >= 0.6 is 0 Å². The van der Waals surface area contributed by atoms with Gasteiger partial charge in [0.1, 0.15) is 0 Å². The molecule has 1 amide bonds. The summed E-state index contributed by atoms with van der Waals surface area (Å²) in [6.07, 6.45) is 3.77. The first-order valence-electron chi connectivity index (χ1n) is 8.81. The van der Waals surface area contributed by atoms with Crippen molar-refractivity contribution in [1.82, 2.24) is 4.90 Å². The van der Waals surface area contributed by atoms with Gasteiger partial charge in [0.2, 0.25) is 5.91 Å². The fraction of sp³-hybridized carbons (Fsp3) is 0.579. The average Bonchev–Trinajstić information content (AvgIpc) is 3.22. The maximum absolute atomic E-state index is 12.6. The Morgan fingerprint density at radius 3 is 2.50 bits per heavy atom. The van der Waals surface area contributed by atoms with Crippen LogP contribution in [0.15, 0.2) is 30.3 Å². The van der Waals surface area contributed by atoms with E-state index in [9.17, 15) is 14.7 Å². The lowest BCUT2D eigenvalue weighted by Crippen LogP contribution is -2.46. The van der Waals surface area contributed by atoms with Gasteiger partial charge in [-0.15, -0.1) is 0 Å². The molecule has 0 aromatic heterocycles. The van der Waals surface area contributed by atoms with Gasteiger partial charge in [0, 0.05) is 13.1 Å². The maximum Gasteiger partial charge on any atom is 0.311 e. The van der Waals surface area contributed by atoms with Crippen molar-refractivity contribution in [1.29, 1.82) is 0 Å². The van der Waals surface area contributed by atoms with Crippen molar-refractivity contribution in [3.63, 3.8) is 0 Å². The predicted octanol–water partition coefficient (Wildman–Crippen LogP) is 1.97. The van der Waals surface area contributed by atoms with Crippen molar-refractivity contribution >= 4 is 11.9 Å². The topological polar surface area (TPSA) is 83.6 Å². The highest BCUT2D eigenvalue weighted by molar-refractivity contribution is 5.90. The molecule has 5 heteroatoms. The number of fused-ring (bicyclic) bond motifs is 1. The Hall–Kier alpha value is -1.88. The Morgan fingerprint density at radius 2 is 1.88 bits per heavy atom. The van der Waals surface area contributed by atoms with Crippen molar-refractivity contribution in [2.75, 3.05) is 13.1 Å². The van der Waals surface area contributed by atoms with Crippen LogP contribution < -0.4 is 5.73 Å². The first-order valence-corrected chi connectivity index (χ1v) is 8.81. The van der Waals surface area contributed by atoms with Crippen LogP contribution in [0.5, 0.6) is 0 Å². The molecule has 0 radical (unpaired) electrons. The summed E-state index contributed by atoms with van der Waals surface area (Å²) in [6, 6.07) is 10.3. The van der Waals surface area contributed by atoms with Crippen LogP contribution in [-0.2, 0) is 9.59 Å². The molecular weight excluding hydrogens is 304 g/mol. The van der Waals surface area contributed by atoms with Crippen LogP contribution in [0.1, 0.15) is 43.6 Å². The summed E-state index contributed by atoms with van der Waals surface area (Å²) in [6.45, 7) is 0.861. The summed E-state index contributed by atoms with van der Waals surface area (Å²) in [5.41, 5.74) is 5.83. The van der Waals surface area contributed by atoms with Crippen molar-refractivity contribution in [2.45, 2.75) is 43.6 Å². The number of carbonyl (C=O) groups is 2. The molecule has 0 unspecified atom stereocenters. The number of hydrogen-bond donors (Lipinski definition) is 2. The van der Waals surface area contributed by atoms with E-state index < -0.39 is 16.9 Å². The number of likely N-dealkylation sites (tertiary alicyclic amines) is 1. The lowest BCUT2D eigenvalue weighted by molar-refractivity contribution is -0.153. The van der Waals surface area contributed by atoms with Gasteiger partial charge in [-0.25, -0.2) is 0 Å². The van der Waals surface area contributed by atoms with E-state index in [1.165, 1.54) is 5.56 Å². The van der Waals surface area contributed by atoms with Crippen LogP contribution in [0.3, 0.4) is 0 Å². The van der Waals surface area contributed by atoms with Gasteiger partial charge in [-0.05, 0) is 49.5 Å². The number of rotatable bonds is 3. The minimum atomic E-state index is -0.786. The van der Waals surface area contributed by atoms with E-state index in [0.29, 0.717) is 25.4 Å². The van der Waals surface area contributed by atoms with E-state index >= 15 is 0 Å². The van der Waals surface area contributed by atoms with Crippen LogP contribution in [-0.4, -0.2) is 40.5 Å². The van der Waals surface area contributed by atoms with E-state index in [0.717, 1.165) is 25.7 Å². The third kappa shape index (κ3) is 2.34. The Morgan fingerprint density at radius 1 is 1.17 bits per heavy atom. The van der Waals surface area contributed by atoms with E-state index in [4.69, 9.17) is 5.73 Å². The van der Waals surface area contributed by atoms with Gasteiger partial charge in [0.05, 0.1) is 11.0 Å². The van der Waals surface area contributed by atoms with Crippen LogP contribution in [0.25, 0.3) is 0 Å². The third-order valence-corrected chi connectivity index (χ3v) is 6.40. The van der Waals surface area contributed by atoms with Crippen LogP contribution in [0.2, 0.25) is 0 Å². The highest BCUT2D eigenvalue weighted by Gasteiger charge is 2.58. The molecule has 0 bridgehead atoms. The summed E-state index contributed by atoms with van der Waals surface area (Å²) < 4.78 is 0. The highest BCUT2D eigenvalue weighted by Crippen LogP contribution is 2.52. The lowest BCUT2D eigenvalue weighted by atomic mass is 9.64. The molecule has 3 fully saturated rings. The number of aliphatic carboxylic acids is 1. The molecule has 5 nitrogen and oxygen atoms in total. The van der Waals surface area contributed by atoms with E-state index in [1.54, 1.807) is 4.90 Å². The fourth-order valence-electron chi connectivity index (χ4n) is 4.65. The van der Waals surface area contributed by atoms with Gasteiger partial charge in [0.25, 0.3) is 0 Å². The Kier molecular flexibility index (Phi) is 3.46. The van der Waals surface area contributed by atoms with Gasteiger partial charge in [-0.1, -0.05) is 30.3 Å². The third-order valence-electron chi connectivity index (χ3n) is 6.40. The number of nitrogens with zero attached hydrogens (tertiary/aromatic N) is 1. The molecule has 2 aliphatic carbocycles. The number of carboxylic acid groups (broad SMARTS) is 1. The largest absolute Gasteiger partial charge is 0.481 e. The second-order valence-electron chi connectivity index (χ2n) is 7.88. The molecule has 3 atom stereocenters. The molecule has 1 heterocycles. The fourth-order valence-corrected chi connectivity index (χ4v) is 4.65. The summed E-state index contributed by atoms with van der Waals surface area (Å²) in [5, 5.41) is 9.90. The minimum Gasteiger partial charge on any atom is -0.481 e. The molecule has 24 heavy (non-hydrogen) atoms. The van der Waals surface area contributed by atoms with Crippen molar-refractivity contribution in [3.8, 4) is 0 Å². The maximum atomic E-state index is 12.6. The standard InChI is InChI=1S/C19H24N2O3/c20-19(8-9-19)16(22)21-11-15-10-14(13-4-2-1-3-5-13)6-7-18(15,12-21)17(23)24/h1-5,14-15H,6-12,20H2,(H,23,24)/t14-,15-,18-/m0/s1. The smallest absolute Gasteiger partial charge is 0.311 e. The summed E-state index contributed by atoms with van der Waals surface area (Å²) in [4.78, 5) is 26.4. The molecule has 4 rings (SSSR count). The zero-order valence-corrected chi connectivity index (χ0v) is 13.8. The quantitative estimate of drug-likeness (QED) is 0.888. The van der Waals surface area contributed by atoms with E-state index in [-0.39, 0.29) is 11.8 Å². The number of amides is 1. The summed E-state index contributed by atoms with van der Waals surface area (Å²) >= 11 is 0. The predicted molar refractivity (Wildman–Crippen MR) is 89.3 cm³/mol. The first-order chi connectivity index (χ1) is 11.4. The minimum absolute atomic E-state index is 0.0141. The summed E-state index contributed by atoms with van der Waals surface area (Å²) in [7, 11) is 0. The monoisotopic (exact) mass is 328 g/mol. The molecule has 0 spiro atoms. The molecule has 1 aromatic rings. The van der Waals surface area contributed by atoms with Crippen LogP contribution in [0, 0.1) is 11.3 Å². The van der Waals surface area contributed by atoms with Gasteiger partial charge < -0.3 is 15.7 Å². The Bertz CT molecular complexity index is 670. The van der Waals surface area contributed by atoms with Gasteiger partial charge in [-0.2, -0.15) is 0 Å². The molecule has 1 aromatic carbocycles. The second kappa shape index (κ2) is 5.31. The van der Waals surface area contributed by atoms with Crippen LogP contribution in [0.4, 0.5) is 0 Å². The molecule has 3 N–H and O–H groups in total. The summed E-state index contributed by atoms with van der Waals surface area (Å²) in [5.74, 6) is -0.406. The molecule has 3 aliphatic rings. The van der Waals surface area contributed by atoms with Gasteiger partial charge in [-0.3, -0.25) is 9.59 Å². The molecule has 1 aliphatic heterocycles. The number of hydrogen-bond acceptors (Lipinski definition) is 3. The second-order valence-corrected chi connectivity index (χ2v) is 7.88. The first kappa shape index (κ1) is 15.6. The molecule has 1 saturated heterocycles. The molecule has 2 saturated carbocycles. The van der Waals surface area contributed by atoms with Crippen molar-refractivity contribution < 1.29 is 14.7 Å². The molecular formula is C19H24N2O3. The normalized spacial score (nSPS) is 33.8. The zero-order valence-electron chi connectivity index (χ0n) is 13.8. The Balaban J connectivity index is 1.57. The number of benzene rings is 1. The SMILES string of the molecule is NC1(C(=O)N2C[C@@H]3C[C@@H](c4ccccc4)CC[C@]3(C(=O)O)C2)CC1. The zero-order chi connectivity index (χ0) is 16.9. The van der Waals surface area contributed by atoms with E-state index in [2.05, 4.69) is 12.1 Å². The number of nitrogens with two attached hydrogens (primary N) is 1. The lowest BCUT2D eigenvalue weighted by Gasteiger charge is -2.38. The molecule has 128 valence electrons. The highest BCUT2D eigenvalue weighted by atomic mass is 16.4.